The van der Waals surface area contributed by atoms with Crippen LogP contribution in [0.1, 0.15) is 0 Å². The molecule has 0 radical (unpaired) electrons. The first kappa shape index (κ1) is 12.0. The summed E-state index contributed by atoms with van der Waals surface area (Å²) >= 11 is 0. The molecule has 0 aromatic rings. The lowest BCUT2D eigenvalue weighted by Gasteiger charge is -2.07. The summed E-state index contributed by atoms with van der Waals surface area (Å²) in [5.74, 6) is 0. The number of carbonyl (C=O) groups excluding carboxylic acids is 1. The summed E-state index contributed by atoms with van der Waals surface area (Å²) in [6.45, 7) is -1.52. The van der Waals surface area contributed by atoms with Gasteiger partial charge in [-0.2, -0.15) is 13.2 Å². The smallest absolute Gasteiger partial charge is 0.411 e. The van der Waals surface area contributed by atoms with Gasteiger partial charge in [-0.3, -0.25) is 0 Å². The van der Waals surface area contributed by atoms with E-state index in [0.717, 1.165) is 7.11 Å². The zero-order valence-electron chi connectivity index (χ0n) is 6.98. The van der Waals surface area contributed by atoms with Crippen molar-refractivity contribution in [2.24, 2.45) is 0 Å². The maximum absolute atomic E-state index is 11.5. The van der Waals surface area contributed by atoms with Crippen molar-refractivity contribution in [1.82, 2.24) is 5.32 Å². The lowest BCUT2D eigenvalue weighted by molar-refractivity contribution is -0.173. The standard InChI is InChI=1S/C6H10F3NO3/c1-12-5(11)10-2-3-13-4-6(7,8)9/h2-4H2,1H3,(H,10,11). The van der Waals surface area contributed by atoms with E-state index in [2.05, 4.69) is 14.8 Å². The fraction of sp³-hybridized carbons (Fsp3) is 0.833. The van der Waals surface area contributed by atoms with Crippen molar-refractivity contribution < 1.29 is 27.4 Å². The molecule has 0 spiro atoms. The number of amides is 1. The van der Waals surface area contributed by atoms with Crippen LogP contribution in [0.2, 0.25) is 0 Å². The third kappa shape index (κ3) is 8.93. The number of rotatable bonds is 4. The van der Waals surface area contributed by atoms with Gasteiger partial charge in [-0.25, -0.2) is 4.79 Å². The van der Waals surface area contributed by atoms with Crippen molar-refractivity contribution >= 4 is 6.09 Å². The molecule has 0 aliphatic rings. The number of ether oxygens (including phenoxy) is 2. The molecule has 0 rings (SSSR count). The minimum Gasteiger partial charge on any atom is -0.453 e. The van der Waals surface area contributed by atoms with Gasteiger partial charge in [0.1, 0.15) is 6.61 Å². The Labute approximate surface area is 73.0 Å². The highest BCUT2D eigenvalue weighted by atomic mass is 19.4. The molecule has 0 saturated heterocycles. The Kier molecular flexibility index (Phi) is 5.20. The van der Waals surface area contributed by atoms with E-state index < -0.39 is 18.9 Å². The summed E-state index contributed by atoms with van der Waals surface area (Å²) < 4.78 is 42.8. The number of alkyl halides is 3. The quantitative estimate of drug-likeness (QED) is 0.688. The average Bonchev–Trinajstić information content (AvgIpc) is 2.01. The fourth-order valence-corrected chi connectivity index (χ4v) is 0.485. The van der Waals surface area contributed by atoms with Gasteiger partial charge in [-0.05, 0) is 0 Å². The minimum atomic E-state index is -4.33. The minimum absolute atomic E-state index is 0.0112. The number of halogens is 3. The van der Waals surface area contributed by atoms with Crippen LogP contribution in [0.15, 0.2) is 0 Å². The molecule has 0 aromatic carbocycles. The van der Waals surface area contributed by atoms with Gasteiger partial charge in [0.15, 0.2) is 0 Å². The molecular weight excluding hydrogens is 191 g/mol. The molecule has 1 amide bonds. The van der Waals surface area contributed by atoms with E-state index in [1.54, 1.807) is 0 Å². The molecule has 13 heavy (non-hydrogen) atoms. The molecule has 1 N–H and O–H groups in total. The second-order valence-corrected chi connectivity index (χ2v) is 2.09. The average molecular weight is 201 g/mol. The monoisotopic (exact) mass is 201 g/mol. The zero-order valence-corrected chi connectivity index (χ0v) is 6.98. The van der Waals surface area contributed by atoms with Crippen molar-refractivity contribution in [3.05, 3.63) is 0 Å². The molecule has 78 valence electrons. The maximum Gasteiger partial charge on any atom is 0.411 e. The summed E-state index contributed by atoms with van der Waals surface area (Å²) in [5.41, 5.74) is 0. The topological polar surface area (TPSA) is 47.6 Å². The molecule has 0 aromatic heterocycles. The molecule has 0 aliphatic heterocycles. The first-order valence-corrected chi connectivity index (χ1v) is 3.42. The summed E-state index contributed by atoms with van der Waals surface area (Å²) in [5, 5.41) is 2.17. The molecular formula is C6H10F3NO3. The first-order chi connectivity index (χ1) is 5.95. The molecule has 7 heteroatoms. The predicted octanol–water partition coefficient (Wildman–Crippen LogP) is 0.921. The van der Waals surface area contributed by atoms with E-state index in [1.807, 2.05) is 0 Å². The molecule has 4 nitrogen and oxygen atoms in total. The Balaban J connectivity index is 3.22. The highest BCUT2D eigenvalue weighted by Crippen LogP contribution is 2.13. The van der Waals surface area contributed by atoms with Gasteiger partial charge in [-0.1, -0.05) is 0 Å². The number of nitrogens with one attached hydrogen (secondary N) is 1. The summed E-state index contributed by atoms with van der Waals surface area (Å²) in [7, 11) is 1.16. The SMILES string of the molecule is COC(=O)NCCOCC(F)(F)F. The normalized spacial score (nSPS) is 11.1. The van der Waals surface area contributed by atoms with Gasteiger partial charge in [0.2, 0.25) is 0 Å². The van der Waals surface area contributed by atoms with Gasteiger partial charge in [0.05, 0.1) is 13.7 Å². The second-order valence-electron chi connectivity index (χ2n) is 2.09. The zero-order chi connectivity index (χ0) is 10.3. The lowest BCUT2D eigenvalue weighted by atomic mass is 10.6. The van der Waals surface area contributed by atoms with Crippen LogP contribution in [-0.4, -0.2) is 39.1 Å². The third-order valence-corrected chi connectivity index (χ3v) is 0.967. The molecule has 0 bridgehead atoms. The Morgan fingerprint density at radius 2 is 2.08 bits per heavy atom. The number of hydrogen-bond donors (Lipinski definition) is 1. The van der Waals surface area contributed by atoms with Gasteiger partial charge in [0, 0.05) is 6.54 Å². The molecule has 0 aliphatic carbocycles. The molecule has 0 fully saturated rings. The highest BCUT2D eigenvalue weighted by molar-refractivity contribution is 5.66. The Morgan fingerprint density at radius 3 is 2.54 bits per heavy atom. The summed E-state index contributed by atoms with van der Waals surface area (Å²) in [6.07, 6.45) is -5.03. The van der Waals surface area contributed by atoms with Crippen molar-refractivity contribution in [3.8, 4) is 0 Å². The summed E-state index contributed by atoms with van der Waals surface area (Å²) in [6, 6.07) is 0. The van der Waals surface area contributed by atoms with Gasteiger partial charge >= 0.3 is 12.3 Å². The molecule has 0 heterocycles. The largest absolute Gasteiger partial charge is 0.453 e. The van der Waals surface area contributed by atoms with E-state index in [4.69, 9.17) is 0 Å². The van der Waals surface area contributed by atoms with E-state index >= 15 is 0 Å². The molecule has 0 atom stereocenters. The van der Waals surface area contributed by atoms with E-state index in [-0.39, 0.29) is 13.2 Å². The second kappa shape index (κ2) is 5.63. The van der Waals surface area contributed by atoms with Crippen LogP contribution in [0.25, 0.3) is 0 Å². The number of hydrogen-bond acceptors (Lipinski definition) is 3. The predicted molar refractivity (Wildman–Crippen MR) is 37.3 cm³/mol. The van der Waals surface area contributed by atoms with Gasteiger partial charge < -0.3 is 14.8 Å². The van der Waals surface area contributed by atoms with Crippen LogP contribution >= 0.6 is 0 Å². The number of methoxy groups -OCH3 is 1. The van der Waals surface area contributed by atoms with Gasteiger partial charge in [-0.15, -0.1) is 0 Å². The van der Waals surface area contributed by atoms with Crippen LogP contribution in [0, 0.1) is 0 Å². The van der Waals surface area contributed by atoms with E-state index in [9.17, 15) is 18.0 Å². The molecule has 0 unspecified atom stereocenters. The van der Waals surface area contributed by atoms with Crippen molar-refractivity contribution in [2.45, 2.75) is 6.18 Å². The highest BCUT2D eigenvalue weighted by Gasteiger charge is 2.27. The van der Waals surface area contributed by atoms with Crippen LogP contribution in [0.3, 0.4) is 0 Å². The number of carbonyl (C=O) groups is 1. The van der Waals surface area contributed by atoms with Crippen molar-refractivity contribution in [1.29, 1.82) is 0 Å². The molecule has 0 saturated carbocycles. The van der Waals surface area contributed by atoms with Crippen LogP contribution in [0.4, 0.5) is 18.0 Å². The van der Waals surface area contributed by atoms with E-state index in [1.165, 1.54) is 0 Å². The van der Waals surface area contributed by atoms with Crippen LogP contribution in [-0.2, 0) is 9.47 Å². The van der Waals surface area contributed by atoms with Gasteiger partial charge in [0.25, 0.3) is 0 Å². The van der Waals surface area contributed by atoms with E-state index in [0.29, 0.717) is 0 Å². The lowest BCUT2D eigenvalue weighted by Crippen LogP contribution is -2.28. The third-order valence-electron chi connectivity index (χ3n) is 0.967. The number of alkyl carbamates (subject to hydrolysis) is 1. The maximum atomic E-state index is 11.5. The first-order valence-electron chi connectivity index (χ1n) is 3.42. The Morgan fingerprint density at radius 1 is 1.46 bits per heavy atom. The summed E-state index contributed by atoms with van der Waals surface area (Å²) in [4.78, 5) is 10.4. The van der Waals surface area contributed by atoms with Crippen LogP contribution in [0.5, 0.6) is 0 Å². The van der Waals surface area contributed by atoms with Crippen molar-refractivity contribution in [3.63, 3.8) is 0 Å². The fourth-order valence-electron chi connectivity index (χ4n) is 0.485. The van der Waals surface area contributed by atoms with Crippen LogP contribution < -0.4 is 5.32 Å². The Bertz CT molecular complexity index is 160. The Hall–Kier alpha value is -0.980. The van der Waals surface area contributed by atoms with Crippen molar-refractivity contribution in [2.75, 3.05) is 26.9 Å².